The molecule has 7 heteroatoms. The summed E-state index contributed by atoms with van der Waals surface area (Å²) in [5.74, 6) is 0.318. The molecule has 0 fully saturated rings. The maximum atomic E-state index is 5.37. The van der Waals surface area contributed by atoms with Crippen LogP contribution in [0.1, 0.15) is 6.42 Å². The molecule has 15 heavy (non-hydrogen) atoms. The molecular formula is C8H16N4O2S. The summed E-state index contributed by atoms with van der Waals surface area (Å²) in [5.41, 5.74) is 5.37. The van der Waals surface area contributed by atoms with Gasteiger partial charge in [0.25, 0.3) is 0 Å². The van der Waals surface area contributed by atoms with Crippen molar-refractivity contribution in [2.24, 2.45) is 0 Å². The predicted molar refractivity (Wildman–Crippen MR) is 60.1 cm³/mol. The third kappa shape index (κ3) is 5.50. The van der Waals surface area contributed by atoms with E-state index in [1.54, 1.807) is 7.11 Å². The minimum absolute atomic E-state index is 0.318. The minimum atomic E-state index is 0.318. The van der Waals surface area contributed by atoms with Gasteiger partial charge in [-0.1, -0.05) is 0 Å². The quantitative estimate of drug-likeness (QED) is 0.638. The molecular weight excluding hydrogens is 216 g/mol. The molecule has 86 valence electrons. The average Bonchev–Trinajstić information content (AvgIpc) is 2.63. The lowest BCUT2D eigenvalue weighted by molar-refractivity contribution is 0.0705. The van der Waals surface area contributed by atoms with Crippen molar-refractivity contribution in [2.75, 3.05) is 44.5 Å². The Morgan fingerprint density at radius 1 is 1.40 bits per heavy atom. The monoisotopic (exact) mass is 232 g/mol. The molecule has 0 aliphatic rings. The van der Waals surface area contributed by atoms with Crippen molar-refractivity contribution >= 4 is 22.6 Å². The lowest BCUT2D eigenvalue weighted by atomic mass is 10.4. The molecule has 1 aromatic heterocycles. The SMILES string of the molecule is COCCOCCCNc1nc(N)ns1. The summed E-state index contributed by atoms with van der Waals surface area (Å²) in [5, 5.41) is 3.86. The Morgan fingerprint density at radius 2 is 2.27 bits per heavy atom. The first-order valence-corrected chi connectivity index (χ1v) is 5.50. The predicted octanol–water partition coefficient (Wildman–Crippen LogP) is 0.585. The van der Waals surface area contributed by atoms with Gasteiger partial charge in [-0.3, -0.25) is 0 Å². The van der Waals surface area contributed by atoms with Gasteiger partial charge in [0.1, 0.15) is 0 Å². The fourth-order valence-corrected chi connectivity index (χ4v) is 1.44. The molecule has 0 amide bonds. The van der Waals surface area contributed by atoms with E-state index in [9.17, 15) is 0 Å². The number of methoxy groups -OCH3 is 1. The van der Waals surface area contributed by atoms with Gasteiger partial charge in [-0.15, -0.1) is 0 Å². The van der Waals surface area contributed by atoms with E-state index in [1.165, 1.54) is 11.5 Å². The summed E-state index contributed by atoms with van der Waals surface area (Å²) in [6, 6.07) is 0. The lowest BCUT2D eigenvalue weighted by Crippen LogP contribution is -2.08. The first-order valence-electron chi connectivity index (χ1n) is 4.72. The van der Waals surface area contributed by atoms with Crippen molar-refractivity contribution in [3.05, 3.63) is 0 Å². The number of nitrogen functional groups attached to an aromatic ring is 1. The molecule has 1 aromatic rings. The smallest absolute Gasteiger partial charge is 0.233 e. The van der Waals surface area contributed by atoms with Gasteiger partial charge in [0.05, 0.1) is 13.2 Å². The third-order valence-corrected chi connectivity index (χ3v) is 2.30. The summed E-state index contributed by atoms with van der Waals surface area (Å²) in [7, 11) is 1.66. The number of rotatable bonds is 8. The standard InChI is InChI=1S/C8H16N4O2S/c1-13-5-6-14-4-2-3-10-8-11-7(9)12-15-8/h2-6H2,1H3,(H3,9,10,11,12). The van der Waals surface area contributed by atoms with E-state index in [1.807, 2.05) is 0 Å². The highest BCUT2D eigenvalue weighted by Crippen LogP contribution is 2.11. The van der Waals surface area contributed by atoms with E-state index in [0.29, 0.717) is 25.8 Å². The van der Waals surface area contributed by atoms with E-state index < -0.39 is 0 Å². The van der Waals surface area contributed by atoms with Crippen LogP contribution in [0, 0.1) is 0 Å². The molecule has 0 radical (unpaired) electrons. The molecule has 0 saturated carbocycles. The van der Waals surface area contributed by atoms with Gasteiger partial charge in [0, 0.05) is 31.8 Å². The molecule has 0 aliphatic carbocycles. The summed E-state index contributed by atoms with van der Waals surface area (Å²) in [6.07, 6.45) is 0.920. The fourth-order valence-electron chi connectivity index (χ4n) is 0.921. The van der Waals surface area contributed by atoms with Gasteiger partial charge in [0.2, 0.25) is 11.1 Å². The van der Waals surface area contributed by atoms with Gasteiger partial charge in [-0.25, -0.2) is 0 Å². The van der Waals surface area contributed by atoms with E-state index in [4.69, 9.17) is 15.2 Å². The van der Waals surface area contributed by atoms with Crippen LogP contribution in [0.5, 0.6) is 0 Å². The lowest BCUT2D eigenvalue weighted by Gasteiger charge is -2.03. The van der Waals surface area contributed by atoms with Crippen molar-refractivity contribution in [3.8, 4) is 0 Å². The van der Waals surface area contributed by atoms with E-state index in [0.717, 1.165) is 18.1 Å². The molecule has 0 bridgehead atoms. The summed E-state index contributed by atoms with van der Waals surface area (Å²) < 4.78 is 14.0. The zero-order chi connectivity index (χ0) is 10.9. The van der Waals surface area contributed by atoms with Gasteiger partial charge in [0.15, 0.2) is 0 Å². The van der Waals surface area contributed by atoms with Crippen LogP contribution in [0.4, 0.5) is 11.1 Å². The van der Waals surface area contributed by atoms with Crippen molar-refractivity contribution in [3.63, 3.8) is 0 Å². The maximum Gasteiger partial charge on any atom is 0.233 e. The Balaban J connectivity index is 1.93. The van der Waals surface area contributed by atoms with E-state index in [2.05, 4.69) is 14.7 Å². The van der Waals surface area contributed by atoms with Crippen LogP contribution < -0.4 is 11.1 Å². The maximum absolute atomic E-state index is 5.37. The molecule has 0 spiro atoms. The topological polar surface area (TPSA) is 82.3 Å². The summed E-state index contributed by atoms with van der Waals surface area (Å²) in [6.45, 7) is 2.80. The molecule has 0 unspecified atom stereocenters. The van der Waals surface area contributed by atoms with E-state index in [-0.39, 0.29) is 0 Å². The Kier molecular flexibility index (Phi) is 5.98. The van der Waals surface area contributed by atoms with E-state index >= 15 is 0 Å². The molecule has 1 rings (SSSR count). The normalized spacial score (nSPS) is 10.5. The summed E-state index contributed by atoms with van der Waals surface area (Å²) >= 11 is 1.26. The Hall–Kier alpha value is -0.920. The van der Waals surface area contributed by atoms with Crippen LogP contribution in [0.3, 0.4) is 0 Å². The number of nitrogens with two attached hydrogens (primary N) is 1. The highest BCUT2D eigenvalue weighted by atomic mass is 32.1. The Labute approximate surface area is 93.0 Å². The molecule has 3 N–H and O–H groups in total. The fraction of sp³-hybridized carbons (Fsp3) is 0.750. The van der Waals surface area contributed by atoms with Gasteiger partial charge >= 0.3 is 0 Å². The first kappa shape index (κ1) is 12.2. The molecule has 0 atom stereocenters. The molecule has 0 saturated heterocycles. The zero-order valence-corrected chi connectivity index (χ0v) is 9.55. The van der Waals surface area contributed by atoms with Crippen molar-refractivity contribution in [1.29, 1.82) is 0 Å². The number of anilines is 2. The van der Waals surface area contributed by atoms with Crippen LogP contribution >= 0.6 is 11.5 Å². The number of nitrogens with one attached hydrogen (secondary N) is 1. The summed E-state index contributed by atoms with van der Waals surface area (Å²) in [4.78, 5) is 3.97. The van der Waals surface area contributed by atoms with Gasteiger partial charge in [-0.2, -0.15) is 9.36 Å². The third-order valence-electron chi connectivity index (χ3n) is 1.62. The second kappa shape index (κ2) is 7.38. The second-order valence-corrected chi connectivity index (χ2v) is 3.60. The van der Waals surface area contributed by atoms with Crippen LogP contribution in [-0.2, 0) is 9.47 Å². The number of aromatic nitrogens is 2. The highest BCUT2D eigenvalue weighted by molar-refractivity contribution is 7.09. The first-order chi connectivity index (χ1) is 7.33. The molecule has 0 aromatic carbocycles. The molecule has 6 nitrogen and oxygen atoms in total. The second-order valence-electron chi connectivity index (χ2n) is 2.84. The van der Waals surface area contributed by atoms with Crippen LogP contribution in [0.15, 0.2) is 0 Å². The van der Waals surface area contributed by atoms with Crippen molar-refractivity contribution in [2.45, 2.75) is 6.42 Å². The average molecular weight is 232 g/mol. The number of hydrogen-bond acceptors (Lipinski definition) is 7. The van der Waals surface area contributed by atoms with Crippen molar-refractivity contribution in [1.82, 2.24) is 9.36 Å². The number of nitrogens with zero attached hydrogens (tertiary/aromatic N) is 2. The zero-order valence-electron chi connectivity index (χ0n) is 8.73. The van der Waals surface area contributed by atoms with Crippen LogP contribution in [0.2, 0.25) is 0 Å². The van der Waals surface area contributed by atoms with Gasteiger partial charge < -0.3 is 20.5 Å². The minimum Gasteiger partial charge on any atom is -0.382 e. The van der Waals surface area contributed by atoms with Crippen LogP contribution in [-0.4, -0.2) is 42.8 Å². The Bertz CT molecular complexity index is 269. The Morgan fingerprint density at radius 3 is 2.93 bits per heavy atom. The molecule has 0 aliphatic heterocycles. The van der Waals surface area contributed by atoms with Gasteiger partial charge in [-0.05, 0) is 6.42 Å². The van der Waals surface area contributed by atoms with Crippen molar-refractivity contribution < 1.29 is 9.47 Å². The largest absolute Gasteiger partial charge is 0.382 e. The highest BCUT2D eigenvalue weighted by Gasteiger charge is 1.98. The molecule has 1 heterocycles. The van der Waals surface area contributed by atoms with Crippen LogP contribution in [0.25, 0.3) is 0 Å². The number of hydrogen-bond donors (Lipinski definition) is 2. The number of ether oxygens (including phenoxy) is 2.